The SMILES string of the molecule is CCCc1nc(-c2ccc(O)cc2)cnc1NC(=O)Cc1c(F)c(F)c(F)c(F)c1F. The topological polar surface area (TPSA) is 75.1 Å². The lowest BCUT2D eigenvalue weighted by Gasteiger charge is -2.12. The van der Waals surface area contributed by atoms with Crippen LogP contribution in [0.25, 0.3) is 11.3 Å². The number of carbonyl (C=O) groups excluding carboxylic acids is 1. The van der Waals surface area contributed by atoms with E-state index < -0.39 is 47.0 Å². The summed E-state index contributed by atoms with van der Waals surface area (Å²) in [6.07, 6.45) is 1.30. The molecule has 162 valence electrons. The second-order valence-corrected chi connectivity index (χ2v) is 6.62. The van der Waals surface area contributed by atoms with Crippen molar-refractivity contribution < 1.29 is 31.9 Å². The second-order valence-electron chi connectivity index (χ2n) is 6.62. The molecule has 3 rings (SSSR count). The van der Waals surface area contributed by atoms with E-state index in [-0.39, 0.29) is 11.6 Å². The van der Waals surface area contributed by atoms with Crippen molar-refractivity contribution in [1.29, 1.82) is 0 Å². The number of aromatic hydroxyl groups is 1. The maximum atomic E-state index is 13.8. The Hall–Kier alpha value is -3.56. The number of hydrogen-bond acceptors (Lipinski definition) is 4. The highest BCUT2D eigenvalue weighted by molar-refractivity contribution is 5.92. The van der Waals surface area contributed by atoms with E-state index in [1.807, 2.05) is 6.92 Å². The molecule has 1 amide bonds. The average molecular weight is 437 g/mol. The number of rotatable bonds is 6. The monoisotopic (exact) mass is 437 g/mol. The highest BCUT2D eigenvalue weighted by Gasteiger charge is 2.27. The van der Waals surface area contributed by atoms with Gasteiger partial charge in [0, 0.05) is 11.1 Å². The van der Waals surface area contributed by atoms with Gasteiger partial charge in [0.25, 0.3) is 0 Å². The molecule has 0 aliphatic carbocycles. The number of amides is 1. The first-order valence-electron chi connectivity index (χ1n) is 9.18. The molecule has 0 atom stereocenters. The van der Waals surface area contributed by atoms with Crippen LogP contribution < -0.4 is 5.32 Å². The maximum Gasteiger partial charge on any atom is 0.230 e. The van der Waals surface area contributed by atoms with E-state index in [2.05, 4.69) is 15.3 Å². The number of anilines is 1. The van der Waals surface area contributed by atoms with Crippen LogP contribution in [0, 0.1) is 29.1 Å². The molecule has 10 heteroatoms. The van der Waals surface area contributed by atoms with Crippen molar-refractivity contribution in [2.24, 2.45) is 0 Å². The summed E-state index contributed by atoms with van der Waals surface area (Å²) < 4.78 is 67.5. The molecule has 1 heterocycles. The van der Waals surface area contributed by atoms with E-state index in [0.29, 0.717) is 29.8 Å². The lowest BCUT2D eigenvalue weighted by Crippen LogP contribution is -2.20. The average Bonchev–Trinajstić information content (AvgIpc) is 2.76. The van der Waals surface area contributed by atoms with E-state index in [9.17, 15) is 31.9 Å². The fourth-order valence-electron chi connectivity index (χ4n) is 2.86. The fourth-order valence-corrected chi connectivity index (χ4v) is 2.86. The van der Waals surface area contributed by atoms with Crippen LogP contribution in [0.1, 0.15) is 24.6 Å². The minimum atomic E-state index is -2.29. The first kappa shape index (κ1) is 22.1. The number of nitrogens with one attached hydrogen (secondary N) is 1. The lowest BCUT2D eigenvalue weighted by atomic mass is 10.1. The van der Waals surface area contributed by atoms with Gasteiger partial charge in [-0.25, -0.2) is 31.9 Å². The number of benzene rings is 2. The number of nitrogens with zero attached hydrogens (tertiary/aromatic N) is 2. The third-order valence-corrected chi connectivity index (χ3v) is 4.39. The van der Waals surface area contributed by atoms with Crippen LogP contribution in [0.2, 0.25) is 0 Å². The maximum absolute atomic E-state index is 13.8. The molecule has 31 heavy (non-hydrogen) atoms. The summed E-state index contributed by atoms with van der Waals surface area (Å²) in [6.45, 7) is 1.86. The predicted molar refractivity (Wildman–Crippen MR) is 102 cm³/mol. The van der Waals surface area contributed by atoms with Crippen LogP contribution in [-0.4, -0.2) is 21.0 Å². The van der Waals surface area contributed by atoms with Crippen LogP contribution in [0.5, 0.6) is 5.75 Å². The smallest absolute Gasteiger partial charge is 0.230 e. The number of phenolic OH excluding ortho intramolecular Hbond substituents is 1. The van der Waals surface area contributed by atoms with Gasteiger partial charge in [-0.05, 0) is 30.7 Å². The molecular formula is C21H16F5N3O2. The highest BCUT2D eigenvalue weighted by atomic mass is 19.2. The summed E-state index contributed by atoms with van der Waals surface area (Å²) in [5, 5.41) is 11.7. The molecule has 0 saturated carbocycles. The van der Waals surface area contributed by atoms with Crippen molar-refractivity contribution in [2.75, 3.05) is 5.32 Å². The number of hydrogen-bond donors (Lipinski definition) is 2. The quantitative estimate of drug-likeness (QED) is 0.334. The predicted octanol–water partition coefficient (Wildman–Crippen LogP) is 4.68. The molecular weight excluding hydrogens is 421 g/mol. The van der Waals surface area contributed by atoms with Gasteiger partial charge in [-0.1, -0.05) is 13.3 Å². The third-order valence-electron chi connectivity index (χ3n) is 4.39. The van der Waals surface area contributed by atoms with Crippen molar-refractivity contribution in [3.63, 3.8) is 0 Å². The van der Waals surface area contributed by atoms with Gasteiger partial charge in [0.2, 0.25) is 11.7 Å². The summed E-state index contributed by atoms with van der Waals surface area (Å²) in [5.41, 5.74) is 0.251. The van der Waals surface area contributed by atoms with Gasteiger partial charge in [0.15, 0.2) is 29.1 Å². The molecule has 2 aromatic carbocycles. The number of aryl methyl sites for hydroxylation is 1. The Morgan fingerprint density at radius 2 is 1.55 bits per heavy atom. The Bertz CT molecular complexity index is 1110. The molecule has 0 spiro atoms. The zero-order valence-corrected chi connectivity index (χ0v) is 16.1. The Morgan fingerprint density at radius 3 is 2.13 bits per heavy atom. The van der Waals surface area contributed by atoms with Gasteiger partial charge in [-0.15, -0.1) is 0 Å². The Balaban J connectivity index is 1.87. The molecule has 5 nitrogen and oxygen atoms in total. The van der Waals surface area contributed by atoms with Crippen molar-refractivity contribution in [1.82, 2.24) is 9.97 Å². The summed E-state index contributed by atoms with van der Waals surface area (Å²) in [4.78, 5) is 20.8. The molecule has 0 unspecified atom stereocenters. The van der Waals surface area contributed by atoms with Crippen LogP contribution in [-0.2, 0) is 17.6 Å². The van der Waals surface area contributed by atoms with E-state index in [1.165, 1.54) is 18.3 Å². The first-order valence-corrected chi connectivity index (χ1v) is 9.18. The van der Waals surface area contributed by atoms with Crippen molar-refractivity contribution in [3.05, 3.63) is 70.8 Å². The van der Waals surface area contributed by atoms with Gasteiger partial charge in [-0.2, -0.15) is 0 Å². The summed E-state index contributed by atoms with van der Waals surface area (Å²) in [7, 11) is 0. The number of phenols is 1. The molecule has 0 bridgehead atoms. The van der Waals surface area contributed by atoms with E-state index in [4.69, 9.17) is 0 Å². The van der Waals surface area contributed by atoms with Gasteiger partial charge in [-0.3, -0.25) is 4.79 Å². The van der Waals surface area contributed by atoms with Crippen LogP contribution in [0.15, 0.2) is 30.5 Å². The molecule has 0 radical (unpaired) electrons. The largest absolute Gasteiger partial charge is 0.508 e. The normalized spacial score (nSPS) is 10.9. The van der Waals surface area contributed by atoms with Gasteiger partial charge >= 0.3 is 0 Å². The minimum absolute atomic E-state index is 0.0123. The van der Waals surface area contributed by atoms with E-state index in [1.54, 1.807) is 12.1 Å². The Labute approximate surface area is 173 Å². The zero-order chi connectivity index (χ0) is 22.7. The van der Waals surface area contributed by atoms with Crippen molar-refractivity contribution >= 4 is 11.7 Å². The summed E-state index contributed by atoms with van der Waals surface area (Å²) in [5.74, 6) is -11.6. The van der Waals surface area contributed by atoms with Crippen LogP contribution in [0.4, 0.5) is 27.8 Å². The molecule has 2 N–H and O–H groups in total. The number of halogens is 5. The minimum Gasteiger partial charge on any atom is -0.508 e. The van der Waals surface area contributed by atoms with Gasteiger partial charge < -0.3 is 10.4 Å². The standard InChI is InChI=1S/C21H16F5N3O2/c1-2-3-13-21(27-9-14(28-13)10-4-6-11(30)7-5-10)29-15(31)8-12-16(22)18(24)20(26)19(25)17(12)23/h4-7,9,30H,2-3,8H2,1H3,(H,27,29,31). The van der Waals surface area contributed by atoms with E-state index >= 15 is 0 Å². The zero-order valence-electron chi connectivity index (χ0n) is 16.1. The Kier molecular flexibility index (Phi) is 6.47. The van der Waals surface area contributed by atoms with Crippen LogP contribution in [0.3, 0.4) is 0 Å². The van der Waals surface area contributed by atoms with Crippen molar-refractivity contribution in [3.8, 4) is 17.0 Å². The van der Waals surface area contributed by atoms with Crippen LogP contribution >= 0.6 is 0 Å². The van der Waals surface area contributed by atoms with E-state index in [0.717, 1.165) is 0 Å². The highest BCUT2D eigenvalue weighted by Crippen LogP contribution is 2.25. The summed E-state index contributed by atoms with van der Waals surface area (Å²) >= 11 is 0. The Morgan fingerprint density at radius 1 is 0.968 bits per heavy atom. The summed E-state index contributed by atoms with van der Waals surface area (Å²) in [6, 6.07) is 6.18. The number of aromatic nitrogens is 2. The van der Waals surface area contributed by atoms with Gasteiger partial charge in [0.05, 0.1) is 24.0 Å². The van der Waals surface area contributed by atoms with Crippen molar-refractivity contribution in [2.45, 2.75) is 26.2 Å². The number of carbonyl (C=O) groups is 1. The molecule has 0 aliphatic heterocycles. The fraction of sp³-hybridized carbons (Fsp3) is 0.190. The van der Waals surface area contributed by atoms with Gasteiger partial charge in [0.1, 0.15) is 5.75 Å². The third kappa shape index (κ3) is 4.62. The molecule has 3 aromatic rings. The first-order chi connectivity index (χ1) is 14.7. The molecule has 0 fully saturated rings. The molecule has 0 aliphatic rings. The second kappa shape index (κ2) is 9.07. The molecule has 0 saturated heterocycles. The lowest BCUT2D eigenvalue weighted by molar-refractivity contribution is -0.115. The molecule has 1 aromatic heterocycles.